The molecule has 2 N–H and O–H groups in total. The molecule has 0 radical (unpaired) electrons. The molecular weight excluding hydrogens is 210 g/mol. The molecule has 1 aromatic heterocycles. The van der Waals surface area contributed by atoms with E-state index in [2.05, 4.69) is 28.1 Å². The van der Waals surface area contributed by atoms with Gasteiger partial charge in [-0.05, 0) is 49.7 Å². The zero-order valence-electron chi connectivity index (χ0n) is 9.89. The first-order chi connectivity index (χ1) is 8.31. The number of aromatic nitrogens is 1. The predicted molar refractivity (Wildman–Crippen MR) is 70.7 cm³/mol. The molecule has 1 aliphatic heterocycles. The lowest BCUT2D eigenvalue weighted by Crippen LogP contribution is -2.18. The summed E-state index contributed by atoms with van der Waals surface area (Å²) in [7, 11) is 0. The number of anilines is 1. The Hall–Kier alpha value is -1.61. The molecule has 1 aromatic carbocycles. The largest absolute Gasteiger partial charge is 0.397 e. The van der Waals surface area contributed by atoms with Crippen molar-refractivity contribution in [2.45, 2.75) is 19.4 Å². The van der Waals surface area contributed by atoms with Crippen LogP contribution in [0.4, 0.5) is 5.69 Å². The Morgan fingerprint density at radius 3 is 2.82 bits per heavy atom. The quantitative estimate of drug-likeness (QED) is 0.856. The van der Waals surface area contributed by atoms with E-state index in [4.69, 9.17) is 5.73 Å². The number of nitrogens with zero attached hydrogens (tertiary/aromatic N) is 2. The van der Waals surface area contributed by atoms with Crippen LogP contribution in [0.2, 0.25) is 0 Å². The van der Waals surface area contributed by atoms with Crippen molar-refractivity contribution in [3.05, 3.63) is 36.0 Å². The van der Waals surface area contributed by atoms with Gasteiger partial charge in [0.15, 0.2) is 0 Å². The van der Waals surface area contributed by atoms with E-state index in [1.54, 1.807) is 6.20 Å². The number of rotatable bonds is 2. The number of nitrogens with two attached hydrogens (primary N) is 1. The van der Waals surface area contributed by atoms with E-state index in [1.165, 1.54) is 31.5 Å². The van der Waals surface area contributed by atoms with Gasteiger partial charge < -0.3 is 5.73 Å². The SMILES string of the molecule is Nc1cnc2ccc(CN3CCCC3)cc2c1. The standard InChI is InChI=1S/C14H17N3/c15-13-8-12-7-11(3-4-14(12)16-9-13)10-17-5-1-2-6-17/h3-4,7-9H,1-2,5-6,10,15H2. The highest BCUT2D eigenvalue weighted by molar-refractivity contribution is 5.81. The lowest BCUT2D eigenvalue weighted by atomic mass is 10.1. The molecule has 2 aromatic rings. The van der Waals surface area contributed by atoms with Crippen molar-refractivity contribution in [3.63, 3.8) is 0 Å². The molecule has 3 heteroatoms. The Morgan fingerprint density at radius 1 is 1.18 bits per heavy atom. The summed E-state index contributed by atoms with van der Waals surface area (Å²) in [6.07, 6.45) is 4.38. The Balaban J connectivity index is 1.89. The average Bonchev–Trinajstić information content (AvgIpc) is 2.81. The number of fused-ring (bicyclic) bond motifs is 1. The average molecular weight is 227 g/mol. The van der Waals surface area contributed by atoms with Gasteiger partial charge in [-0.15, -0.1) is 0 Å². The van der Waals surface area contributed by atoms with Crippen LogP contribution in [0.5, 0.6) is 0 Å². The summed E-state index contributed by atoms with van der Waals surface area (Å²) < 4.78 is 0. The Bertz CT molecular complexity index is 530. The van der Waals surface area contributed by atoms with Gasteiger partial charge >= 0.3 is 0 Å². The monoisotopic (exact) mass is 227 g/mol. The van der Waals surface area contributed by atoms with Crippen molar-refractivity contribution in [2.75, 3.05) is 18.8 Å². The molecule has 0 unspecified atom stereocenters. The summed E-state index contributed by atoms with van der Waals surface area (Å²) in [6.45, 7) is 3.51. The van der Waals surface area contributed by atoms with E-state index in [9.17, 15) is 0 Å². The van der Waals surface area contributed by atoms with Crippen LogP contribution >= 0.6 is 0 Å². The molecule has 17 heavy (non-hydrogen) atoms. The number of likely N-dealkylation sites (tertiary alicyclic amines) is 1. The van der Waals surface area contributed by atoms with Crippen molar-refractivity contribution >= 4 is 16.6 Å². The molecular formula is C14H17N3. The Kier molecular flexibility index (Phi) is 2.69. The molecule has 0 atom stereocenters. The van der Waals surface area contributed by atoms with Crippen LogP contribution in [0.3, 0.4) is 0 Å². The number of nitrogen functional groups attached to an aromatic ring is 1. The molecule has 1 aliphatic rings. The van der Waals surface area contributed by atoms with Gasteiger partial charge in [0.05, 0.1) is 17.4 Å². The predicted octanol–water partition coefficient (Wildman–Crippen LogP) is 2.41. The molecule has 88 valence electrons. The summed E-state index contributed by atoms with van der Waals surface area (Å²) in [4.78, 5) is 6.82. The van der Waals surface area contributed by atoms with E-state index in [0.29, 0.717) is 0 Å². The fourth-order valence-electron chi connectivity index (χ4n) is 2.50. The molecule has 1 fully saturated rings. The molecule has 0 saturated carbocycles. The molecule has 0 bridgehead atoms. The van der Waals surface area contributed by atoms with Gasteiger partial charge in [-0.1, -0.05) is 6.07 Å². The molecule has 0 aliphatic carbocycles. The van der Waals surface area contributed by atoms with Gasteiger partial charge in [-0.3, -0.25) is 9.88 Å². The van der Waals surface area contributed by atoms with Crippen molar-refractivity contribution < 1.29 is 0 Å². The number of pyridine rings is 1. The summed E-state index contributed by atoms with van der Waals surface area (Å²) >= 11 is 0. The van der Waals surface area contributed by atoms with Gasteiger partial charge in [0.25, 0.3) is 0 Å². The Labute approximate surface area is 101 Å². The van der Waals surface area contributed by atoms with Gasteiger partial charge in [0.1, 0.15) is 0 Å². The maximum Gasteiger partial charge on any atom is 0.0703 e. The van der Waals surface area contributed by atoms with Crippen molar-refractivity contribution in [2.24, 2.45) is 0 Å². The van der Waals surface area contributed by atoms with Gasteiger partial charge in [-0.25, -0.2) is 0 Å². The van der Waals surface area contributed by atoms with Crippen molar-refractivity contribution in [3.8, 4) is 0 Å². The third-order valence-electron chi connectivity index (χ3n) is 3.37. The van der Waals surface area contributed by atoms with E-state index in [1.807, 2.05) is 6.07 Å². The number of benzene rings is 1. The summed E-state index contributed by atoms with van der Waals surface area (Å²) in [5.74, 6) is 0. The highest BCUT2D eigenvalue weighted by Crippen LogP contribution is 2.19. The number of hydrogen-bond acceptors (Lipinski definition) is 3. The van der Waals surface area contributed by atoms with Crippen LogP contribution in [0, 0.1) is 0 Å². The fourth-order valence-corrected chi connectivity index (χ4v) is 2.50. The zero-order chi connectivity index (χ0) is 11.7. The second-order valence-corrected chi connectivity index (χ2v) is 4.78. The maximum atomic E-state index is 5.76. The van der Waals surface area contributed by atoms with Crippen molar-refractivity contribution in [1.29, 1.82) is 0 Å². The zero-order valence-corrected chi connectivity index (χ0v) is 9.89. The third kappa shape index (κ3) is 2.24. The lowest BCUT2D eigenvalue weighted by Gasteiger charge is -2.14. The highest BCUT2D eigenvalue weighted by atomic mass is 15.1. The van der Waals surface area contributed by atoms with E-state index in [0.717, 1.165) is 23.1 Å². The van der Waals surface area contributed by atoms with Crippen LogP contribution in [0.15, 0.2) is 30.5 Å². The second-order valence-electron chi connectivity index (χ2n) is 4.78. The topological polar surface area (TPSA) is 42.1 Å². The first-order valence-corrected chi connectivity index (χ1v) is 6.18. The normalized spacial score (nSPS) is 16.7. The van der Waals surface area contributed by atoms with Crippen LogP contribution in [-0.2, 0) is 6.54 Å². The van der Waals surface area contributed by atoms with Crippen LogP contribution in [0.1, 0.15) is 18.4 Å². The van der Waals surface area contributed by atoms with E-state index < -0.39 is 0 Å². The van der Waals surface area contributed by atoms with Gasteiger partial charge in [0.2, 0.25) is 0 Å². The molecule has 3 nitrogen and oxygen atoms in total. The van der Waals surface area contributed by atoms with Crippen LogP contribution in [-0.4, -0.2) is 23.0 Å². The summed E-state index contributed by atoms with van der Waals surface area (Å²) in [6, 6.07) is 8.46. The van der Waals surface area contributed by atoms with E-state index >= 15 is 0 Å². The van der Waals surface area contributed by atoms with Gasteiger partial charge in [0, 0.05) is 11.9 Å². The lowest BCUT2D eigenvalue weighted by molar-refractivity contribution is 0.331. The van der Waals surface area contributed by atoms with Crippen molar-refractivity contribution in [1.82, 2.24) is 9.88 Å². The third-order valence-corrected chi connectivity index (χ3v) is 3.37. The van der Waals surface area contributed by atoms with Gasteiger partial charge in [-0.2, -0.15) is 0 Å². The highest BCUT2D eigenvalue weighted by Gasteiger charge is 2.11. The fraction of sp³-hybridized carbons (Fsp3) is 0.357. The number of hydrogen-bond donors (Lipinski definition) is 1. The second kappa shape index (κ2) is 4.34. The van der Waals surface area contributed by atoms with E-state index in [-0.39, 0.29) is 0 Å². The molecule has 3 rings (SSSR count). The minimum Gasteiger partial charge on any atom is -0.397 e. The maximum absolute atomic E-state index is 5.76. The molecule has 0 amide bonds. The molecule has 0 spiro atoms. The smallest absolute Gasteiger partial charge is 0.0703 e. The first kappa shape index (κ1) is 10.5. The summed E-state index contributed by atoms with van der Waals surface area (Å²) in [5.41, 5.74) is 8.87. The molecule has 1 saturated heterocycles. The molecule has 2 heterocycles. The Morgan fingerprint density at radius 2 is 2.00 bits per heavy atom. The van der Waals surface area contributed by atoms with Crippen LogP contribution in [0.25, 0.3) is 10.9 Å². The minimum atomic E-state index is 0.732. The van der Waals surface area contributed by atoms with Crippen LogP contribution < -0.4 is 5.73 Å². The summed E-state index contributed by atoms with van der Waals surface area (Å²) in [5, 5.41) is 1.14. The minimum absolute atomic E-state index is 0.732. The first-order valence-electron chi connectivity index (χ1n) is 6.18.